The van der Waals surface area contributed by atoms with E-state index in [9.17, 15) is 4.79 Å². The predicted molar refractivity (Wildman–Crippen MR) is 106 cm³/mol. The van der Waals surface area contributed by atoms with Crippen LogP contribution in [0.25, 0.3) is 0 Å². The highest BCUT2D eigenvalue weighted by Gasteiger charge is 2.42. The molecule has 1 aliphatic carbocycles. The average molecular weight is 361 g/mol. The summed E-state index contributed by atoms with van der Waals surface area (Å²) in [5, 5.41) is 6.68. The smallest absolute Gasteiger partial charge is 0.230 e. The van der Waals surface area contributed by atoms with Gasteiger partial charge >= 0.3 is 0 Å². The summed E-state index contributed by atoms with van der Waals surface area (Å²) in [6.45, 7) is 3.26. The number of hydrogen-bond donors (Lipinski definition) is 2. The van der Waals surface area contributed by atoms with Crippen molar-refractivity contribution in [3.05, 3.63) is 29.3 Å². The van der Waals surface area contributed by atoms with Crippen LogP contribution in [0.3, 0.4) is 0 Å². The van der Waals surface area contributed by atoms with Crippen LogP contribution in [0.1, 0.15) is 36.8 Å². The molecule has 0 radical (unpaired) electrons. The fourth-order valence-corrected chi connectivity index (χ4v) is 3.64. The van der Waals surface area contributed by atoms with Crippen molar-refractivity contribution in [1.82, 2.24) is 15.5 Å². The number of nitrogens with zero attached hydrogens (tertiary/aromatic N) is 2. The van der Waals surface area contributed by atoms with Crippen LogP contribution < -0.4 is 15.4 Å². The zero-order valence-electron chi connectivity index (χ0n) is 16.7. The quantitative estimate of drug-likeness (QED) is 0.604. The molecule has 0 atom stereocenters. The number of aryl methyl sites for hydroxylation is 1. The molecule has 144 valence electrons. The Balaban J connectivity index is 1.98. The van der Waals surface area contributed by atoms with Gasteiger partial charge in [-0.2, -0.15) is 0 Å². The molecule has 1 fully saturated rings. The van der Waals surface area contributed by atoms with E-state index in [0.717, 1.165) is 37.0 Å². The molecular weight excluding hydrogens is 328 g/mol. The molecular formula is C20H32N4O2. The molecule has 2 N–H and O–H groups in total. The summed E-state index contributed by atoms with van der Waals surface area (Å²) in [5.41, 5.74) is 1.92. The van der Waals surface area contributed by atoms with E-state index in [1.54, 1.807) is 19.1 Å². The molecule has 1 aromatic rings. The Morgan fingerprint density at radius 1 is 1.27 bits per heavy atom. The first-order chi connectivity index (χ1) is 12.4. The second kappa shape index (κ2) is 8.92. The SMILES string of the molecule is CN=C(NCc1ccc(C)cc1OC)NCC1(C(=O)N(C)C)CCCC1. The van der Waals surface area contributed by atoms with Gasteiger partial charge in [0.15, 0.2) is 5.96 Å². The molecule has 1 amide bonds. The van der Waals surface area contributed by atoms with Crippen molar-refractivity contribution < 1.29 is 9.53 Å². The molecule has 1 saturated carbocycles. The summed E-state index contributed by atoms with van der Waals surface area (Å²) in [7, 11) is 7.09. The Labute approximate surface area is 157 Å². The van der Waals surface area contributed by atoms with Gasteiger partial charge in [-0.3, -0.25) is 9.79 Å². The van der Waals surface area contributed by atoms with Gasteiger partial charge in [-0.1, -0.05) is 25.0 Å². The van der Waals surface area contributed by atoms with Gasteiger partial charge in [0.2, 0.25) is 5.91 Å². The molecule has 0 bridgehead atoms. The first kappa shape index (κ1) is 20.1. The number of rotatable bonds is 6. The lowest BCUT2D eigenvalue weighted by atomic mass is 9.84. The normalized spacial score (nSPS) is 16.3. The number of methoxy groups -OCH3 is 1. The van der Waals surface area contributed by atoms with E-state index in [4.69, 9.17) is 4.74 Å². The molecule has 1 aromatic carbocycles. The standard InChI is InChI=1S/C20H32N4O2/c1-15-8-9-16(17(12-15)26-5)13-22-19(21-2)23-14-20(10-6-7-11-20)18(25)24(3)4/h8-9,12H,6-7,10-11,13-14H2,1-5H3,(H2,21,22,23). The average Bonchev–Trinajstić information content (AvgIpc) is 3.11. The monoisotopic (exact) mass is 360 g/mol. The van der Waals surface area contributed by atoms with Crippen molar-refractivity contribution in [3.8, 4) is 5.75 Å². The highest BCUT2D eigenvalue weighted by molar-refractivity contribution is 5.85. The van der Waals surface area contributed by atoms with Crippen LogP contribution in [0.2, 0.25) is 0 Å². The summed E-state index contributed by atoms with van der Waals surface area (Å²) in [4.78, 5) is 18.7. The number of benzene rings is 1. The zero-order valence-corrected chi connectivity index (χ0v) is 16.7. The van der Waals surface area contributed by atoms with Crippen molar-refractivity contribution >= 4 is 11.9 Å². The lowest BCUT2D eigenvalue weighted by Crippen LogP contribution is -2.49. The fraction of sp³-hybridized carbons (Fsp3) is 0.600. The first-order valence-corrected chi connectivity index (χ1v) is 9.21. The Hall–Kier alpha value is -2.24. The van der Waals surface area contributed by atoms with Crippen molar-refractivity contribution in [2.24, 2.45) is 10.4 Å². The third-order valence-electron chi connectivity index (χ3n) is 5.13. The van der Waals surface area contributed by atoms with Gasteiger partial charge in [-0.15, -0.1) is 0 Å². The summed E-state index contributed by atoms with van der Waals surface area (Å²) in [6, 6.07) is 6.15. The van der Waals surface area contributed by atoms with Gasteiger partial charge < -0.3 is 20.3 Å². The first-order valence-electron chi connectivity index (χ1n) is 9.21. The number of ether oxygens (including phenoxy) is 1. The molecule has 0 unspecified atom stereocenters. The maximum absolute atomic E-state index is 12.7. The maximum Gasteiger partial charge on any atom is 0.230 e. The van der Waals surface area contributed by atoms with Crippen molar-refractivity contribution in [1.29, 1.82) is 0 Å². The van der Waals surface area contributed by atoms with Crippen LogP contribution in [0.4, 0.5) is 0 Å². The summed E-state index contributed by atoms with van der Waals surface area (Å²) >= 11 is 0. The van der Waals surface area contributed by atoms with Crippen LogP contribution in [-0.2, 0) is 11.3 Å². The number of nitrogens with one attached hydrogen (secondary N) is 2. The van der Waals surface area contributed by atoms with Crippen molar-refractivity contribution in [2.75, 3.05) is 34.8 Å². The highest BCUT2D eigenvalue weighted by atomic mass is 16.5. The van der Waals surface area contributed by atoms with E-state index in [0.29, 0.717) is 19.0 Å². The predicted octanol–water partition coefficient (Wildman–Crippen LogP) is 2.32. The summed E-state index contributed by atoms with van der Waals surface area (Å²) in [6.07, 6.45) is 4.07. The highest BCUT2D eigenvalue weighted by Crippen LogP contribution is 2.38. The molecule has 0 aliphatic heterocycles. The van der Waals surface area contributed by atoms with Crippen LogP contribution in [0, 0.1) is 12.3 Å². The topological polar surface area (TPSA) is 66.0 Å². The largest absolute Gasteiger partial charge is 0.496 e. The van der Waals surface area contributed by atoms with Gasteiger partial charge in [-0.05, 0) is 31.4 Å². The zero-order chi connectivity index (χ0) is 19.2. The Bertz CT molecular complexity index is 649. The number of guanidine groups is 1. The molecule has 1 aliphatic rings. The van der Waals surface area contributed by atoms with E-state index in [2.05, 4.69) is 27.8 Å². The number of carbonyl (C=O) groups excluding carboxylic acids is 1. The molecule has 6 heteroatoms. The van der Waals surface area contributed by atoms with Crippen LogP contribution in [-0.4, -0.2) is 51.6 Å². The summed E-state index contributed by atoms with van der Waals surface area (Å²) < 4.78 is 5.46. The lowest BCUT2D eigenvalue weighted by molar-refractivity contribution is -0.138. The second-order valence-electron chi connectivity index (χ2n) is 7.28. The second-order valence-corrected chi connectivity index (χ2v) is 7.28. The van der Waals surface area contributed by atoms with Gasteiger partial charge in [-0.25, -0.2) is 0 Å². The minimum Gasteiger partial charge on any atom is -0.496 e. The fourth-order valence-electron chi connectivity index (χ4n) is 3.64. The number of amides is 1. The Morgan fingerprint density at radius 2 is 1.96 bits per heavy atom. The molecule has 2 rings (SSSR count). The minimum atomic E-state index is -0.317. The van der Waals surface area contributed by atoms with E-state index in [-0.39, 0.29) is 11.3 Å². The Kier molecular flexibility index (Phi) is 6.89. The number of carbonyl (C=O) groups is 1. The lowest BCUT2D eigenvalue weighted by Gasteiger charge is -2.31. The minimum absolute atomic E-state index is 0.207. The molecule has 6 nitrogen and oxygen atoms in total. The van der Waals surface area contributed by atoms with Gasteiger partial charge in [0.1, 0.15) is 5.75 Å². The van der Waals surface area contributed by atoms with Crippen LogP contribution in [0.5, 0.6) is 5.75 Å². The molecule has 26 heavy (non-hydrogen) atoms. The van der Waals surface area contributed by atoms with E-state index in [1.807, 2.05) is 27.1 Å². The van der Waals surface area contributed by atoms with E-state index in [1.165, 1.54) is 5.56 Å². The van der Waals surface area contributed by atoms with Gasteiger partial charge in [0.05, 0.1) is 12.5 Å². The Morgan fingerprint density at radius 3 is 2.54 bits per heavy atom. The molecule has 0 saturated heterocycles. The van der Waals surface area contributed by atoms with Crippen molar-refractivity contribution in [2.45, 2.75) is 39.2 Å². The van der Waals surface area contributed by atoms with Crippen molar-refractivity contribution in [3.63, 3.8) is 0 Å². The molecule has 0 aromatic heterocycles. The third-order valence-corrected chi connectivity index (χ3v) is 5.13. The van der Waals surface area contributed by atoms with Crippen LogP contribution >= 0.6 is 0 Å². The number of aliphatic imine (C=N–C) groups is 1. The van der Waals surface area contributed by atoms with E-state index >= 15 is 0 Å². The maximum atomic E-state index is 12.7. The molecule has 0 spiro atoms. The van der Waals surface area contributed by atoms with Crippen LogP contribution in [0.15, 0.2) is 23.2 Å². The number of hydrogen-bond acceptors (Lipinski definition) is 3. The van der Waals surface area contributed by atoms with Gasteiger partial charge in [0.25, 0.3) is 0 Å². The summed E-state index contributed by atoms with van der Waals surface area (Å²) in [5.74, 6) is 1.77. The third kappa shape index (κ3) is 4.68. The molecule has 0 heterocycles. The van der Waals surface area contributed by atoms with E-state index < -0.39 is 0 Å². The van der Waals surface area contributed by atoms with Gasteiger partial charge in [0, 0.05) is 39.8 Å².